The molecule has 0 saturated heterocycles. The van der Waals surface area contributed by atoms with E-state index in [-0.39, 0.29) is 5.69 Å². The summed E-state index contributed by atoms with van der Waals surface area (Å²) < 4.78 is 0. The Morgan fingerprint density at radius 3 is 2.06 bits per heavy atom. The van der Waals surface area contributed by atoms with Crippen LogP contribution in [0.3, 0.4) is 0 Å². The second-order valence-electron chi connectivity index (χ2n) is 6.35. The van der Waals surface area contributed by atoms with Crippen LogP contribution in [0.25, 0.3) is 0 Å². The van der Waals surface area contributed by atoms with Crippen molar-refractivity contribution in [3.8, 4) is 0 Å². The molecule has 3 nitrogen and oxygen atoms in total. The highest BCUT2D eigenvalue weighted by Crippen LogP contribution is 2.60. The summed E-state index contributed by atoms with van der Waals surface area (Å²) in [6.07, 6.45) is 10.2. The van der Waals surface area contributed by atoms with Crippen molar-refractivity contribution < 1.29 is 0 Å². The van der Waals surface area contributed by atoms with E-state index < -0.39 is 0 Å². The molecule has 4 aliphatic rings. The van der Waals surface area contributed by atoms with Gasteiger partial charge in [-0.25, -0.2) is 4.79 Å². The van der Waals surface area contributed by atoms with E-state index in [4.69, 9.17) is 0 Å². The summed E-state index contributed by atoms with van der Waals surface area (Å²) in [7, 11) is 0. The van der Waals surface area contributed by atoms with Gasteiger partial charge in [0, 0.05) is 17.3 Å². The number of imidazole rings is 1. The average Bonchev–Trinajstić information content (AvgIpc) is 2.63. The molecule has 86 valence electrons. The zero-order valence-corrected chi connectivity index (χ0v) is 9.46. The first-order valence-electron chi connectivity index (χ1n) is 6.52. The van der Waals surface area contributed by atoms with E-state index in [2.05, 4.69) is 9.97 Å². The van der Waals surface area contributed by atoms with E-state index in [9.17, 15) is 4.79 Å². The van der Waals surface area contributed by atoms with Gasteiger partial charge in [-0.3, -0.25) is 0 Å². The van der Waals surface area contributed by atoms with Crippen molar-refractivity contribution >= 4 is 0 Å². The van der Waals surface area contributed by atoms with Gasteiger partial charge in [0.25, 0.3) is 0 Å². The maximum absolute atomic E-state index is 11.3. The molecular weight excluding hydrogens is 200 g/mol. The zero-order valence-electron chi connectivity index (χ0n) is 9.46. The second-order valence-corrected chi connectivity index (χ2v) is 6.35. The number of aromatic nitrogens is 2. The Hall–Kier alpha value is -0.990. The van der Waals surface area contributed by atoms with Crippen LogP contribution in [0, 0.1) is 17.8 Å². The predicted molar refractivity (Wildman–Crippen MR) is 61.3 cm³/mol. The molecule has 0 spiro atoms. The zero-order chi connectivity index (χ0) is 10.8. The Labute approximate surface area is 94.7 Å². The van der Waals surface area contributed by atoms with E-state index >= 15 is 0 Å². The Morgan fingerprint density at radius 1 is 1.06 bits per heavy atom. The van der Waals surface area contributed by atoms with Gasteiger partial charge >= 0.3 is 5.69 Å². The molecule has 4 bridgehead atoms. The summed E-state index contributed by atoms with van der Waals surface area (Å²) >= 11 is 0. The standard InChI is InChI=1S/C13H18N2O/c16-12-14-7-11(15-12)13-4-8-1-9(5-13)3-10(2-8)6-13/h7-10H,1-6H2,(H2,14,15,16). The van der Waals surface area contributed by atoms with Crippen LogP contribution < -0.4 is 5.69 Å². The predicted octanol–water partition coefficient (Wildman–Crippen LogP) is 2.17. The van der Waals surface area contributed by atoms with Gasteiger partial charge in [-0.05, 0) is 56.3 Å². The Balaban J connectivity index is 1.79. The minimum atomic E-state index is -0.0363. The number of rotatable bonds is 1. The van der Waals surface area contributed by atoms with Crippen molar-refractivity contribution in [1.82, 2.24) is 9.97 Å². The molecule has 0 radical (unpaired) electrons. The monoisotopic (exact) mass is 218 g/mol. The first-order valence-corrected chi connectivity index (χ1v) is 6.52. The van der Waals surface area contributed by atoms with Gasteiger partial charge < -0.3 is 9.97 Å². The van der Waals surface area contributed by atoms with Crippen molar-refractivity contribution in [2.75, 3.05) is 0 Å². The number of hydrogen-bond acceptors (Lipinski definition) is 1. The van der Waals surface area contributed by atoms with Crippen LogP contribution in [-0.2, 0) is 5.41 Å². The summed E-state index contributed by atoms with van der Waals surface area (Å²) in [6, 6.07) is 0. The van der Waals surface area contributed by atoms with E-state index in [1.165, 1.54) is 44.2 Å². The van der Waals surface area contributed by atoms with Gasteiger partial charge in [-0.2, -0.15) is 0 Å². The fourth-order valence-electron chi connectivity index (χ4n) is 5.06. The van der Waals surface area contributed by atoms with E-state index in [1.807, 2.05) is 6.20 Å². The molecule has 0 amide bonds. The molecular formula is C13H18N2O. The smallest absolute Gasteiger partial charge is 0.313 e. The largest absolute Gasteiger partial charge is 0.323 e. The fraction of sp³-hybridized carbons (Fsp3) is 0.769. The molecule has 1 aromatic rings. The Bertz CT molecular complexity index is 435. The van der Waals surface area contributed by atoms with Gasteiger partial charge in [0.15, 0.2) is 0 Å². The maximum atomic E-state index is 11.3. The number of nitrogens with one attached hydrogen (secondary N) is 2. The second kappa shape index (κ2) is 2.82. The fourth-order valence-corrected chi connectivity index (χ4v) is 5.06. The van der Waals surface area contributed by atoms with E-state index in [0.29, 0.717) is 5.41 Å². The van der Waals surface area contributed by atoms with Crippen molar-refractivity contribution in [3.63, 3.8) is 0 Å². The minimum Gasteiger partial charge on any atom is -0.313 e. The highest BCUT2D eigenvalue weighted by Gasteiger charge is 2.52. The molecule has 0 unspecified atom stereocenters. The first-order chi connectivity index (χ1) is 7.73. The van der Waals surface area contributed by atoms with Crippen molar-refractivity contribution in [1.29, 1.82) is 0 Å². The molecule has 0 atom stereocenters. The van der Waals surface area contributed by atoms with Gasteiger partial charge in [0.2, 0.25) is 0 Å². The Kier molecular flexibility index (Phi) is 1.60. The minimum absolute atomic E-state index is 0.0363. The number of hydrogen-bond donors (Lipinski definition) is 2. The van der Waals surface area contributed by atoms with Crippen molar-refractivity contribution in [2.45, 2.75) is 43.9 Å². The molecule has 16 heavy (non-hydrogen) atoms. The summed E-state index contributed by atoms with van der Waals surface area (Å²) in [6.45, 7) is 0. The van der Waals surface area contributed by atoms with Gasteiger partial charge in [0.05, 0.1) is 0 Å². The van der Waals surface area contributed by atoms with Crippen LogP contribution in [0.4, 0.5) is 0 Å². The third-order valence-corrected chi connectivity index (χ3v) is 5.21. The van der Waals surface area contributed by atoms with Crippen LogP contribution in [0.2, 0.25) is 0 Å². The third kappa shape index (κ3) is 1.12. The van der Waals surface area contributed by atoms with E-state index in [0.717, 1.165) is 17.8 Å². The quantitative estimate of drug-likeness (QED) is 0.745. The topological polar surface area (TPSA) is 48.6 Å². The van der Waals surface area contributed by atoms with Crippen LogP contribution >= 0.6 is 0 Å². The summed E-state index contributed by atoms with van der Waals surface area (Å²) in [5.74, 6) is 2.80. The molecule has 1 aromatic heterocycles. The molecule has 2 N–H and O–H groups in total. The lowest BCUT2D eigenvalue weighted by atomic mass is 9.49. The third-order valence-electron chi connectivity index (χ3n) is 5.21. The average molecular weight is 218 g/mol. The molecule has 1 heterocycles. The van der Waals surface area contributed by atoms with Gasteiger partial charge in [0.1, 0.15) is 0 Å². The molecule has 5 rings (SSSR count). The molecule has 4 saturated carbocycles. The van der Waals surface area contributed by atoms with Crippen molar-refractivity contribution in [3.05, 3.63) is 22.4 Å². The van der Waals surface area contributed by atoms with Crippen LogP contribution in [0.15, 0.2) is 11.0 Å². The maximum Gasteiger partial charge on any atom is 0.323 e. The van der Waals surface area contributed by atoms with Crippen LogP contribution in [-0.4, -0.2) is 9.97 Å². The summed E-state index contributed by atoms with van der Waals surface area (Å²) in [5, 5.41) is 0. The Morgan fingerprint density at radius 2 is 1.62 bits per heavy atom. The molecule has 0 aliphatic heterocycles. The number of aromatic amines is 2. The summed E-state index contributed by atoms with van der Waals surface area (Å²) in [4.78, 5) is 17.1. The van der Waals surface area contributed by atoms with E-state index in [1.54, 1.807) is 0 Å². The highest BCUT2D eigenvalue weighted by atomic mass is 16.1. The highest BCUT2D eigenvalue weighted by molar-refractivity contribution is 5.20. The summed E-state index contributed by atoms with van der Waals surface area (Å²) in [5.41, 5.74) is 1.48. The normalized spacial score (nSPS) is 45.1. The molecule has 0 aromatic carbocycles. The molecule has 3 heteroatoms. The van der Waals surface area contributed by atoms with Gasteiger partial charge in [-0.1, -0.05) is 0 Å². The molecule has 4 fully saturated rings. The lowest BCUT2D eigenvalue weighted by Crippen LogP contribution is -2.48. The van der Waals surface area contributed by atoms with Gasteiger partial charge in [-0.15, -0.1) is 0 Å². The van der Waals surface area contributed by atoms with Crippen LogP contribution in [0.1, 0.15) is 44.2 Å². The SMILES string of the molecule is O=c1[nH]cc(C23CC4CC(CC(C4)C2)C3)[nH]1. The molecule has 4 aliphatic carbocycles. The van der Waals surface area contributed by atoms with Crippen molar-refractivity contribution in [2.24, 2.45) is 17.8 Å². The number of H-pyrrole nitrogens is 2. The lowest BCUT2D eigenvalue weighted by Gasteiger charge is -2.56. The lowest BCUT2D eigenvalue weighted by molar-refractivity contribution is -0.00706. The van der Waals surface area contributed by atoms with Crippen LogP contribution in [0.5, 0.6) is 0 Å². The first kappa shape index (κ1) is 9.08.